The fraction of sp³-hybridized carbons (Fsp3) is 0.579. The third-order valence-electron chi connectivity index (χ3n) is 5.06. The summed E-state index contributed by atoms with van der Waals surface area (Å²) in [4.78, 5) is 26.8. The van der Waals surface area contributed by atoms with E-state index in [0.29, 0.717) is 24.7 Å². The molecule has 0 spiro atoms. The maximum absolute atomic E-state index is 12.7. The third kappa shape index (κ3) is 5.60. The Labute approximate surface area is 166 Å². The van der Waals surface area contributed by atoms with E-state index < -0.39 is 6.04 Å². The van der Waals surface area contributed by atoms with Crippen molar-refractivity contribution in [3.05, 3.63) is 34.9 Å². The molecular weight excluding hydrogens is 373 g/mol. The summed E-state index contributed by atoms with van der Waals surface area (Å²) in [6.07, 6.45) is 5.92. The van der Waals surface area contributed by atoms with Crippen molar-refractivity contribution in [1.29, 1.82) is 0 Å². The van der Waals surface area contributed by atoms with Crippen molar-refractivity contribution in [3.63, 3.8) is 0 Å². The number of halogens is 2. The second kappa shape index (κ2) is 10.1. The van der Waals surface area contributed by atoms with Crippen LogP contribution in [0, 0.1) is 0 Å². The van der Waals surface area contributed by atoms with Crippen molar-refractivity contribution in [2.24, 2.45) is 0 Å². The summed E-state index contributed by atoms with van der Waals surface area (Å²) in [6.45, 7) is 1.81. The number of hydrogen-bond acceptors (Lipinski definition) is 3. The first-order valence-electron chi connectivity index (χ1n) is 9.18. The lowest BCUT2D eigenvalue weighted by atomic mass is 9.95. The highest BCUT2D eigenvalue weighted by Gasteiger charge is 2.30. The molecule has 7 heteroatoms. The lowest BCUT2D eigenvalue weighted by Crippen LogP contribution is -2.56. The fourth-order valence-electron chi connectivity index (χ4n) is 3.66. The summed E-state index contributed by atoms with van der Waals surface area (Å²) >= 11 is 6.20. The highest BCUT2D eigenvalue weighted by molar-refractivity contribution is 6.31. The number of nitrogens with zero attached hydrogens (tertiary/aromatic N) is 1. The first kappa shape index (κ1) is 21.0. The van der Waals surface area contributed by atoms with Gasteiger partial charge in [0.2, 0.25) is 11.8 Å². The topological polar surface area (TPSA) is 61.4 Å². The maximum Gasteiger partial charge on any atom is 0.240 e. The molecule has 2 fully saturated rings. The van der Waals surface area contributed by atoms with Crippen LogP contribution in [-0.2, 0) is 16.1 Å². The van der Waals surface area contributed by atoms with Crippen LogP contribution in [0.1, 0.15) is 44.1 Å². The van der Waals surface area contributed by atoms with Gasteiger partial charge in [0.25, 0.3) is 0 Å². The average Bonchev–Trinajstić information content (AvgIpc) is 2.61. The molecule has 5 nitrogen and oxygen atoms in total. The molecular formula is C19H27Cl2N3O2. The predicted octanol–water partition coefficient (Wildman–Crippen LogP) is 2.90. The monoisotopic (exact) mass is 399 g/mol. The Hall–Kier alpha value is -1.30. The van der Waals surface area contributed by atoms with E-state index in [1.807, 2.05) is 24.3 Å². The maximum atomic E-state index is 12.7. The van der Waals surface area contributed by atoms with Crippen molar-refractivity contribution >= 4 is 35.8 Å². The third-order valence-corrected chi connectivity index (χ3v) is 5.43. The molecule has 144 valence electrons. The zero-order valence-corrected chi connectivity index (χ0v) is 16.5. The molecule has 1 unspecified atom stereocenters. The number of benzene rings is 1. The van der Waals surface area contributed by atoms with Gasteiger partial charge in [0.1, 0.15) is 0 Å². The van der Waals surface area contributed by atoms with Crippen molar-refractivity contribution in [1.82, 2.24) is 15.5 Å². The van der Waals surface area contributed by atoms with Gasteiger partial charge in [-0.25, -0.2) is 0 Å². The van der Waals surface area contributed by atoms with Crippen LogP contribution in [0.5, 0.6) is 0 Å². The Morgan fingerprint density at radius 3 is 2.69 bits per heavy atom. The van der Waals surface area contributed by atoms with Gasteiger partial charge < -0.3 is 15.5 Å². The molecule has 1 saturated heterocycles. The van der Waals surface area contributed by atoms with Gasteiger partial charge in [-0.2, -0.15) is 0 Å². The second-order valence-electron chi connectivity index (χ2n) is 6.96. The molecule has 1 aromatic carbocycles. The lowest BCUT2D eigenvalue weighted by Gasteiger charge is -2.33. The minimum Gasteiger partial charge on any atom is -0.353 e. The normalized spacial score (nSPS) is 21.2. The SMILES string of the molecule is Cl.O=C(CC1NCCN(Cc2ccccc2Cl)C1=O)NC1CCCCC1. The Bertz CT molecular complexity index is 621. The van der Waals surface area contributed by atoms with Gasteiger partial charge >= 0.3 is 0 Å². The number of nitrogens with one attached hydrogen (secondary N) is 2. The molecule has 1 saturated carbocycles. The zero-order chi connectivity index (χ0) is 17.6. The van der Waals surface area contributed by atoms with Crippen LogP contribution >= 0.6 is 24.0 Å². The van der Waals surface area contributed by atoms with E-state index in [-0.39, 0.29) is 36.7 Å². The summed E-state index contributed by atoms with van der Waals surface area (Å²) in [6, 6.07) is 7.40. The van der Waals surface area contributed by atoms with Gasteiger partial charge in [-0.3, -0.25) is 9.59 Å². The highest BCUT2D eigenvalue weighted by atomic mass is 35.5. The molecule has 1 aliphatic carbocycles. The molecule has 26 heavy (non-hydrogen) atoms. The van der Waals surface area contributed by atoms with Crippen molar-refractivity contribution in [2.45, 2.75) is 57.2 Å². The Morgan fingerprint density at radius 1 is 1.23 bits per heavy atom. The number of piperazine rings is 1. The standard InChI is InChI=1S/C19H26ClN3O2.ClH/c20-16-9-5-4-6-14(16)13-23-11-10-21-17(19(23)25)12-18(24)22-15-7-2-1-3-8-15;/h4-6,9,15,17,21H,1-3,7-8,10-13H2,(H,22,24);1H. The minimum atomic E-state index is -0.445. The second-order valence-corrected chi connectivity index (χ2v) is 7.37. The first-order valence-corrected chi connectivity index (χ1v) is 9.56. The summed E-state index contributed by atoms with van der Waals surface area (Å²) in [7, 11) is 0. The summed E-state index contributed by atoms with van der Waals surface area (Å²) in [5.41, 5.74) is 0.935. The number of amides is 2. The van der Waals surface area contributed by atoms with Gasteiger partial charge in [-0.15, -0.1) is 12.4 Å². The predicted molar refractivity (Wildman–Crippen MR) is 106 cm³/mol. The molecule has 2 N–H and O–H groups in total. The minimum absolute atomic E-state index is 0. The quantitative estimate of drug-likeness (QED) is 0.799. The fourth-order valence-corrected chi connectivity index (χ4v) is 3.85. The summed E-state index contributed by atoms with van der Waals surface area (Å²) in [5, 5.41) is 6.94. The van der Waals surface area contributed by atoms with Gasteiger partial charge in [-0.05, 0) is 24.5 Å². The molecule has 2 aliphatic rings. The van der Waals surface area contributed by atoms with Crippen LogP contribution in [0.4, 0.5) is 0 Å². The molecule has 0 bridgehead atoms. The Balaban J connectivity index is 0.00000243. The molecule has 0 radical (unpaired) electrons. The number of hydrogen-bond donors (Lipinski definition) is 2. The molecule has 1 aromatic rings. The van der Waals surface area contributed by atoms with E-state index >= 15 is 0 Å². The lowest BCUT2D eigenvalue weighted by molar-refractivity contribution is -0.139. The Kier molecular flexibility index (Phi) is 8.19. The molecule has 0 aromatic heterocycles. The van der Waals surface area contributed by atoms with Crippen molar-refractivity contribution in [3.8, 4) is 0 Å². The smallest absolute Gasteiger partial charge is 0.240 e. The van der Waals surface area contributed by atoms with Crippen LogP contribution in [0.2, 0.25) is 5.02 Å². The van der Waals surface area contributed by atoms with Crippen LogP contribution in [0.15, 0.2) is 24.3 Å². The van der Waals surface area contributed by atoms with Crippen molar-refractivity contribution in [2.75, 3.05) is 13.1 Å². The molecule has 1 heterocycles. The largest absolute Gasteiger partial charge is 0.353 e. The van der Waals surface area contributed by atoms with Crippen LogP contribution in [0.25, 0.3) is 0 Å². The average molecular weight is 400 g/mol. The van der Waals surface area contributed by atoms with Gasteiger partial charge in [-0.1, -0.05) is 49.1 Å². The zero-order valence-electron chi connectivity index (χ0n) is 14.9. The van der Waals surface area contributed by atoms with Crippen LogP contribution < -0.4 is 10.6 Å². The molecule has 1 atom stereocenters. The first-order chi connectivity index (χ1) is 12.1. The number of rotatable bonds is 5. The van der Waals surface area contributed by atoms with Crippen LogP contribution in [0.3, 0.4) is 0 Å². The highest BCUT2D eigenvalue weighted by Crippen LogP contribution is 2.19. The molecule has 3 rings (SSSR count). The van der Waals surface area contributed by atoms with E-state index in [1.165, 1.54) is 19.3 Å². The van der Waals surface area contributed by atoms with Gasteiger partial charge in [0.05, 0.1) is 12.5 Å². The molecule has 2 amide bonds. The van der Waals surface area contributed by atoms with E-state index in [1.54, 1.807) is 4.90 Å². The van der Waals surface area contributed by atoms with E-state index in [0.717, 1.165) is 18.4 Å². The molecule has 1 aliphatic heterocycles. The number of carbonyl (C=O) groups excluding carboxylic acids is 2. The van der Waals surface area contributed by atoms with Crippen LogP contribution in [-0.4, -0.2) is 41.9 Å². The van der Waals surface area contributed by atoms with Gasteiger partial charge in [0, 0.05) is 30.7 Å². The summed E-state index contributed by atoms with van der Waals surface area (Å²) < 4.78 is 0. The van der Waals surface area contributed by atoms with Gasteiger partial charge in [0.15, 0.2) is 0 Å². The van der Waals surface area contributed by atoms with E-state index in [9.17, 15) is 9.59 Å². The van der Waals surface area contributed by atoms with E-state index in [4.69, 9.17) is 11.6 Å². The van der Waals surface area contributed by atoms with E-state index in [2.05, 4.69) is 10.6 Å². The Morgan fingerprint density at radius 2 is 1.96 bits per heavy atom. The van der Waals surface area contributed by atoms with Crippen molar-refractivity contribution < 1.29 is 9.59 Å². The summed E-state index contributed by atoms with van der Waals surface area (Å²) in [5.74, 6) is -0.0534. The number of carbonyl (C=O) groups is 2.